The molecule has 0 radical (unpaired) electrons. The first-order valence-electron chi connectivity index (χ1n) is 4.74. The molecule has 0 aliphatic heterocycles. The maximum Gasteiger partial charge on any atom is 0.222 e. The molecule has 0 bridgehead atoms. The molecule has 0 saturated heterocycles. The zero-order chi connectivity index (χ0) is 11.0. The maximum absolute atomic E-state index is 11.2. The third-order valence-electron chi connectivity index (χ3n) is 1.42. The van der Waals surface area contributed by atoms with Gasteiger partial charge in [-0.1, -0.05) is 20.8 Å². The quantitative estimate of drug-likeness (QED) is 0.574. The third kappa shape index (κ3) is 4.33. The molecule has 0 saturated carbocycles. The van der Waals surface area contributed by atoms with Crippen molar-refractivity contribution in [1.82, 2.24) is 9.97 Å². The number of carbonyl (C=O) groups is 1. The predicted molar refractivity (Wildman–Crippen MR) is 57.6 cm³/mol. The molecule has 0 aromatic carbocycles. The zero-order valence-corrected chi connectivity index (χ0v) is 9.51. The van der Waals surface area contributed by atoms with Crippen molar-refractivity contribution < 1.29 is 4.79 Å². The second-order valence-corrected chi connectivity index (χ2v) is 2.75. The Balaban J connectivity index is 0.000000791. The lowest BCUT2D eigenvalue weighted by Crippen LogP contribution is -1.99. The first-order chi connectivity index (χ1) is 6.74. The molecule has 1 aromatic heterocycles. The zero-order valence-electron chi connectivity index (χ0n) is 8.75. The minimum atomic E-state index is 0.0640. The number of nitrogens with zero attached hydrogens (tertiary/aromatic N) is 2. The molecule has 0 aliphatic carbocycles. The van der Waals surface area contributed by atoms with E-state index in [0.717, 1.165) is 6.42 Å². The van der Waals surface area contributed by atoms with Gasteiger partial charge in [0.25, 0.3) is 0 Å². The van der Waals surface area contributed by atoms with Crippen LogP contribution >= 0.6 is 11.6 Å². The van der Waals surface area contributed by atoms with Crippen LogP contribution in [0.2, 0.25) is 5.28 Å². The van der Waals surface area contributed by atoms with E-state index >= 15 is 0 Å². The average Bonchev–Trinajstić information content (AvgIpc) is 2.22. The minimum absolute atomic E-state index is 0.0640. The summed E-state index contributed by atoms with van der Waals surface area (Å²) in [5.41, 5.74) is 0.529. The molecule has 0 aliphatic rings. The molecule has 0 fully saturated rings. The molecule has 1 heterocycles. The first-order valence-corrected chi connectivity index (χ1v) is 5.12. The van der Waals surface area contributed by atoms with Gasteiger partial charge in [0.2, 0.25) is 5.28 Å². The fourth-order valence-electron chi connectivity index (χ4n) is 0.828. The summed E-state index contributed by atoms with van der Waals surface area (Å²) in [6.07, 6.45) is 4.27. The molecular formula is C10H15ClN2O. The summed E-state index contributed by atoms with van der Waals surface area (Å²) >= 11 is 5.46. The van der Waals surface area contributed by atoms with Gasteiger partial charge in [-0.2, -0.15) is 0 Å². The number of hydrogen-bond acceptors (Lipinski definition) is 3. The van der Waals surface area contributed by atoms with Crippen molar-refractivity contribution >= 4 is 17.4 Å². The van der Waals surface area contributed by atoms with E-state index in [1.54, 1.807) is 0 Å². The van der Waals surface area contributed by atoms with Crippen LogP contribution in [0, 0.1) is 0 Å². The Morgan fingerprint density at radius 3 is 2.29 bits per heavy atom. The predicted octanol–water partition coefficient (Wildman–Crippen LogP) is 3.14. The molecule has 0 N–H and O–H groups in total. The summed E-state index contributed by atoms with van der Waals surface area (Å²) < 4.78 is 0. The summed E-state index contributed by atoms with van der Waals surface area (Å²) in [7, 11) is 0. The van der Waals surface area contributed by atoms with Gasteiger partial charge in [0.1, 0.15) is 0 Å². The van der Waals surface area contributed by atoms with Gasteiger partial charge in [-0.05, 0) is 18.0 Å². The van der Waals surface area contributed by atoms with Crippen LogP contribution in [0.25, 0.3) is 0 Å². The van der Waals surface area contributed by atoms with Crippen LogP contribution in [0.5, 0.6) is 0 Å². The fourth-order valence-corrected chi connectivity index (χ4v) is 0.925. The molecule has 0 unspecified atom stereocenters. The highest BCUT2D eigenvalue weighted by molar-refractivity contribution is 6.28. The normalized spacial score (nSPS) is 8.86. The van der Waals surface area contributed by atoms with E-state index in [2.05, 4.69) is 9.97 Å². The number of halogens is 1. The van der Waals surface area contributed by atoms with Crippen molar-refractivity contribution in [3.8, 4) is 0 Å². The Bertz CT molecular complexity index is 272. The van der Waals surface area contributed by atoms with E-state index in [1.165, 1.54) is 12.4 Å². The summed E-state index contributed by atoms with van der Waals surface area (Å²) in [5, 5.41) is 0.169. The largest absolute Gasteiger partial charge is 0.294 e. The number of carbonyl (C=O) groups excluding carboxylic acids is 1. The molecule has 14 heavy (non-hydrogen) atoms. The van der Waals surface area contributed by atoms with E-state index in [0.29, 0.717) is 12.0 Å². The third-order valence-corrected chi connectivity index (χ3v) is 1.61. The summed E-state index contributed by atoms with van der Waals surface area (Å²) in [5.74, 6) is 0.0640. The van der Waals surface area contributed by atoms with Crippen LogP contribution in [-0.4, -0.2) is 15.8 Å². The van der Waals surface area contributed by atoms with E-state index in [4.69, 9.17) is 11.6 Å². The Labute approximate surface area is 89.5 Å². The van der Waals surface area contributed by atoms with Gasteiger partial charge in [-0.3, -0.25) is 4.79 Å². The second kappa shape index (κ2) is 7.44. The van der Waals surface area contributed by atoms with Gasteiger partial charge < -0.3 is 0 Å². The van der Waals surface area contributed by atoms with Crippen LogP contribution in [0.4, 0.5) is 0 Å². The van der Waals surface area contributed by atoms with Gasteiger partial charge in [0.05, 0.1) is 5.56 Å². The lowest BCUT2D eigenvalue weighted by atomic mass is 10.1. The van der Waals surface area contributed by atoms with E-state index in [-0.39, 0.29) is 11.1 Å². The van der Waals surface area contributed by atoms with Gasteiger partial charge in [-0.25, -0.2) is 9.97 Å². The highest BCUT2D eigenvalue weighted by atomic mass is 35.5. The van der Waals surface area contributed by atoms with Crippen LogP contribution in [0.1, 0.15) is 44.0 Å². The average molecular weight is 215 g/mol. The fraction of sp³-hybridized carbons (Fsp3) is 0.500. The monoisotopic (exact) mass is 214 g/mol. The van der Waals surface area contributed by atoms with Crippen molar-refractivity contribution in [2.75, 3.05) is 0 Å². The number of rotatable bonds is 3. The van der Waals surface area contributed by atoms with Gasteiger partial charge in [0.15, 0.2) is 5.78 Å². The number of ketones is 1. The first kappa shape index (κ1) is 13.0. The lowest BCUT2D eigenvalue weighted by molar-refractivity contribution is 0.0981. The van der Waals surface area contributed by atoms with Crippen molar-refractivity contribution in [1.29, 1.82) is 0 Å². The lowest BCUT2D eigenvalue weighted by Gasteiger charge is -1.96. The number of Topliss-reactive ketones (excluding diaryl/α,β-unsaturated/α-hetero) is 1. The van der Waals surface area contributed by atoms with E-state index in [9.17, 15) is 4.79 Å². The standard InChI is InChI=1S/C8H9ClN2O.C2H6/c1-2-3-7(12)6-4-10-8(9)11-5-6;1-2/h4-5H,2-3H2,1H3;1-2H3. The molecular weight excluding hydrogens is 200 g/mol. The summed E-state index contributed by atoms with van der Waals surface area (Å²) in [6.45, 7) is 5.95. The van der Waals surface area contributed by atoms with Crippen molar-refractivity contribution in [2.24, 2.45) is 0 Å². The minimum Gasteiger partial charge on any atom is -0.294 e. The molecule has 0 spiro atoms. The van der Waals surface area contributed by atoms with Crippen molar-refractivity contribution in [2.45, 2.75) is 33.6 Å². The van der Waals surface area contributed by atoms with Crippen LogP contribution in [0.15, 0.2) is 12.4 Å². The molecule has 4 heteroatoms. The van der Waals surface area contributed by atoms with Gasteiger partial charge >= 0.3 is 0 Å². The summed E-state index contributed by atoms with van der Waals surface area (Å²) in [6, 6.07) is 0. The number of hydrogen-bond donors (Lipinski definition) is 0. The maximum atomic E-state index is 11.2. The van der Waals surface area contributed by atoms with E-state index in [1.807, 2.05) is 20.8 Å². The Kier molecular flexibility index (Phi) is 6.93. The highest BCUT2D eigenvalue weighted by Crippen LogP contribution is 2.04. The molecule has 0 atom stereocenters. The topological polar surface area (TPSA) is 42.9 Å². The molecule has 0 amide bonds. The number of aromatic nitrogens is 2. The molecule has 1 rings (SSSR count). The molecule has 1 aromatic rings. The smallest absolute Gasteiger partial charge is 0.222 e. The summed E-state index contributed by atoms with van der Waals surface area (Å²) in [4.78, 5) is 18.7. The van der Waals surface area contributed by atoms with Crippen LogP contribution in [0.3, 0.4) is 0 Å². The Morgan fingerprint density at radius 1 is 1.36 bits per heavy atom. The SMILES string of the molecule is CC.CCCC(=O)c1cnc(Cl)nc1. The molecule has 78 valence electrons. The van der Waals surface area contributed by atoms with Crippen molar-refractivity contribution in [3.63, 3.8) is 0 Å². The van der Waals surface area contributed by atoms with Gasteiger partial charge in [0, 0.05) is 18.8 Å². The second-order valence-electron chi connectivity index (χ2n) is 2.41. The Morgan fingerprint density at radius 2 is 1.86 bits per heavy atom. The van der Waals surface area contributed by atoms with Crippen LogP contribution in [-0.2, 0) is 0 Å². The van der Waals surface area contributed by atoms with Crippen LogP contribution < -0.4 is 0 Å². The highest BCUT2D eigenvalue weighted by Gasteiger charge is 2.04. The Hall–Kier alpha value is -0.960. The van der Waals surface area contributed by atoms with Gasteiger partial charge in [-0.15, -0.1) is 0 Å². The molecule has 3 nitrogen and oxygen atoms in total. The van der Waals surface area contributed by atoms with E-state index < -0.39 is 0 Å². The van der Waals surface area contributed by atoms with Crippen molar-refractivity contribution in [3.05, 3.63) is 23.2 Å².